The van der Waals surface area contributed by atoms with E-state index in [1.807, 2.05) is 54.5 Å². The molecular formula is C41H33ClF4N8O2S2. The highest BCUT2D eigenvalue weighted by Crippen LogP contribution is 2.30. The SMILES string of the molecule is C.Cn1nc(-c2cccs2)cc1-c1ccc(N)nc1.Cn1nc(-c2cccs2)cc1-c1ccc(NC(=O)c2c(F)cccc2F)nc1.O=C(Cl)c1c(F)cccc1F. The van der Waals surface area contributed by atoms with E-state index >= 15 is 0 Å². The first-order valence-corrected chi connectivity index (χ1v) is 18.8. The van der Waals surface area contributed by atoms with Gasteiger partial charge in [0, 0.05) is 37.6 Å². The Morgan fingerprint density at radius 2 is 1.12 bits per heavy atom. The molecule has 1 amide bonds. The van der Waals surface area contributed by atoms with Gasteiger partial charge >= 0.3 is 0 Å². The van der Waals surface area contributed by atoms with Gasteiger partial charge in [0.15, 0.2) is 0 Å². The predicted molar refractivity (Wildman–Crippen MR) is 222 cm³/mol. The first-order chi connectivity index (χ1) is 27.4. The minimum atomic E-state index is -1.12. The largest absolute Gasteiger partial charge is 0.384 e. The standard InChI is InChI=1S/C20H14F2N4OS.C13H12N4S.C7H3ClF2O.CH4/c1-26-16(10-15(25-26)17-6-3-9-28-17)12-7-8-18(23-11-12)24-20(27)19-13(21)4-2-5-14(19)22;1-17-11(9-4-5-13(14)15-8-9)7-10(16-17)12-3-2-6-18-12;8-7(11)6-4(9)2-1-3-5(6)10;/h2-11H,1H3,(H,23,24,27);2-8H,1H3,(H2,14,15);1-3H;1H4. The Morgan fingerprint density at radius 1 is 0.655 bits per heavy atom. The van der Waals surface area contributed by atoms with Crippen LogP contribution >= 0.6 is 34.3 Å². The van der Waals surface area contributed by atoms with E-state index in [0.29, 0.717) is 5.82 Å². The van der Waals surface area contributed by atoms with Crippen LogP contribution in [0.2, 0.25) is 0 Å². The molecule has 8 rings (SSSR count). The summed E-state index contributed by atoms with van der Waals surface area (Å²) in [5, 5.41) is 14.3. The maximum atomic E-state index is 13.7. The first-order valence-electron chi connectivity index (χ1n) is 16.6. The second kappa shape index (κ2) is 19.1. The first kappa shape index (κ1) is 42.6. The second-order valence-electron chi connectivity index (χ2n) is 11.9. The molecule has 0 bridgehead atoms. The topological polar surface area (TPSA) is 134 Å². The van der Waals surface area contributed by atoms with Gasteiger partial charge in [-0.1, -0.05) is 31.7 Å². The third kappa shape index (κ3) is 10.1. The van der Waals surface area contributed by atoms with Crippen molar-refractivity contribution in [2.75, 3.05) is 11.1 Å². The Kier molecular flexibility index (Phi) is 14.0. The summed E-state index contributed by atoms with van der Waals surface area (Å²) >= 11 is 8.18. The van der Waals surface area contributed by atoms with Gasteiger partial charge in [0.25, 0.3) is 11.1 Å². The van der Waals surface area contributed by atoms with Crippen LogP contribution in [0.25, 0.3) is 43.7 Å². The number of carbonyl (C=O) groups excluding carboxylic acids is 2. The lowest BCUT2D eigenvalue weighted by Gasteiger charge is -2.07. The van der Waals surface area contributed by atoms with Crippen molar-refractivity contribution < 1.29 is 27.2 Å². The number of carbonyl (C=O) groups is 2. The van der Waals surface area contributed by atoms with E-state index in [-0.39, 0.29) is 13.2 Å². The summed E-state index contributed by atoms with van der Waals surface area (Å²) in [5.41, 5.74) is 9.81. The van der Waals surface area contributed by atoms with E-state index in [9.17, 15) is 27.2 Å². The quantitative estimate of drug-likeness (QED) is 0.121. The summed E-state index contributed by atoms with van der Waals surface area (Å²) in [7, 11) is 3.77. The summed E-state index contributed by atoms with van der Waals surface area (Å²) in [4.78, 5) is 33.0. The number of nitrogens with one attached hydrogen (secondary N) is 1. The van der Waals surface area contributed by atoms with E-state index in [0.717, 1.165) is 69.1 Å². The lowest BCUT2D eigenvalue weighted by atomic mass is 10.1. The Balaban J connectivity index is 0.000000183. The van der Waals surface area contributed by atoms with Crippen molar-refractivity contribution in [3.63, 3.8) is 0 Å². The van der Waals surface area contributed by atoms with Gasteiger partial charge in [-0.3, -0.25) is 19.0 Å². The van der Waals surface area contributed by atoms with Crippen LogP contribution in [0.1, 0.15) is 28.1 Å². The maximum Gasteiger partial charge on any atom is 0.262 e. The van der Waals surface area contributed by atoms with Gasteiger partial charge < -0.3 is 11.1 Å². The summed E-state index contributed by atoms with van der Waals surface area (Å²) in [6.07, 6.45) is 3.34. The zero-order chi connectivity index (χ0) is 40.6. The van der Waals surface area contributed by atoms with Crippen LogP contribution in [-0.2, 0) is 14.1 Å². The molecule has 0 saturated carbocycles. The number of nitrogen functional groups attached to an aromatic ring is 1. The highest BCUT2D eigenvalue weighted by Gasteiger charge is 2.18. The number of aryl methyl sites for hydroxylation is 2. The molecule has 6 heterocycles. The van der Waals surface area contributed by atoms with Crippen LogP contribution < -0.4 is 11.1 Å². The molecule has 2 aromatic carbocycles. The minimum Gasteiger partial charge on any atom is -0.384 e. The molecule has 6 aromatic heterocycles. The summed E-state index contributed by atoms with van der Waals surface area (Å²) in [6.45, 7) is 0. The van der Waals surface area contributed by atoms with E-state index < -0.39 is 45.5 Å². The molecule has 17 heteroatoms. The van der Waals surface area contributed by atoms with E-state index in [4.69, 9.17) is 17.3 Å². The van der Waals surface area contributed by atoms with Crippen LogP contribution in [-0.4, -0.2) is 40.7 Å². The number of pyridine rings is 2. The van der Waals surface area contributed by atoms with Crippen LogP contribution in [0, 0.1) is 23.3 Å². The lowest BCUT2D eigenvalue weighted by Crippen LogP contribution is -2.16. The number of aromatic nitrogens is 6. The Hall–Kier alpha value is -6.49. The molecule has 0 aliphatic heterocycles. The van der Waals surface area contributed by atoms with Crippen LogP contribution in [0.5, 0.6) is 0 Å². The summed E-state index contributed by atoms with van der Waals surface area (Å²) in [6, 6.07) is 25.5. The molecule has 58 heavy (non-hydrogen) atoms. The third-order valence-electron chi connectivity index (χ3n) is 8.04. The van der Waals surface area contributed by atoms with Crippen LogP contribution in [0.3, 0.4) is 0 Å². The number of hydrogen-bond donors (Lipinski definition) is 2. The van der Waals surface area contributed by atoms with E-state index in [1.54, 1.807) is 57.9 Å². The monoisotopic (exact) mass is 844 g/mol. The van der Waals surface area contributed by atoms with Crippen LogP contribution in [0.15, 0.2) is 120 Å². The van der Waals surface area contributed by atoms with Gasteiger partial charge in [-0.2, -0.15) is 10.2 Å². The normalized spacial score (nSPS) is 10.4. The second-order valence-corrected chi connectivity index (χ2v) is 14.1. The smallest absolute Gasteiger partial charge is 0.262 e. The number of hydrogen-bond acceptors (Lipinski definition) is 9. The molecule has 8 aromatic rings. The minimum absolute atomic E-state index is 0. The zero-order valence-corrected chi connectivity index (χ0v) is 32.2. The average Bonchev–Trinajstić information content (AvgIpc) is 4.01. The van der Waals surface area contributed by atoms with Crippen molar-refractivity contribution in [3.8, 4) is 43.7 Å². The molecule has 0 radical (unpaired) electrons. The molecule has 0 saturated heterocycles. The van der Waals surface area contributed by atoms with Crippen molar-refractivity contribution in [3.05, 3.63) is 155 Å². The van der Waals surface area contributed by atoms with Gasteiger partial charge in [-0.25, -0.2) is 27.5 Å². The number of rotatable bonds is 7. The number of anilines is 2. The Morgan fingerprint density at radius 3 is 1.50 bits per heavy atom. The molecule has 0 fully saturated rings. The summed E-state index contributed by atoms with van der Waals surface area (Å²) < 4.78 is 56.2. The predicted octanol–water partition coefficient (Wildman–Crippen LogP) is 10.5. The van der Waals surface area contributed by atoms with Gasteiger partial charge in [0.1, 0.15) is 57.4 Å². The number of benzene rings is 2. The number of nitrogens with two attached hydrogens (primary N) is 1. The van der Waals surface area contributed by atoms with Crippen LogP contribution in [0.4, 0.5) is 29.2 Å². The van der Waals surface area contributed by atoms with Crippen molar-refractivity contribution in [2.24, 2.45) is 14.1 Å². The highest BCUT2D eigenvalue weighted by molar-refractivity contribution is 7.13. The fourth-order valence-electron chi connectivity index (χ4n) is 5.32. The molecule has 0 unspecified atom stereocenters. The third-order valence-corrected chi connectivity index (χ3v) is 10.0. The maximum absolute atomic E-state index is 13.7. The fourth-order valence-corrected chi connectivity index (χ4v) is 6.86. The van der Waals surface area contributed by atoms with Crippen molar-refractivity contribution >= 4 is 57.1 Å². The summed E-state index contributed by atoms with van der Waals surface area (Å²) in [5.74, 6) is -3.90. The van der Waals surface area contributed by atoms with Gasteiger partial charge in [0.05, 0.1) is 21.1 Å². The molecule has 10 nitrogen and oxygen atoms in total. The fraction of sp³-hybridized carbons (Fsp3) is 0.0732. The molecule has 0 aliphatic carbocycles. The Bertz CT molecular complexity index is 2590. The van der Waals surface area contributed by atoms with Gasteiger partial charge in [0.2, 0.25) is 0 Å². The molecule has 0 spiro atoms. The molecule has 296 valence electrons. The Labute approximate surface area is 343 Å². The lowest BCUT2D eigenvalue weighted by molar-refractivity contribution is 0.101. The number of thiophene rings is 2. The molecule has 0 aliphatic rings. The molecule has 0 atom stereocenters. The highest BCUT2D eigenvalue weighted by atomic mass is 35.5. The number of nitrogens with zero attached hydrogens (tertiary/aromatic N) is 6. The van der Waals surface area contributed by atoms with Gasteiger partial charge in [-0.05, 0) is 95.2 Å². The van der Waals surface area contributed by atoms with Crippen molar-refractivity contribution in [2.45, 2.75) is 7.43 Å². The van der Waals surface area contributed by atoms with Crippen molar-refractivity contribution in [1.82, 2.24) is 29.5 Å². The molecule has 3 N–H and O–H groups in total. The van der Waals surface area contributed by atoms with E-state index in [2.05, 4.69) is 43.0 Å². The average molecular weight is 845 g/mol. The number of halogens is 5. The van der Waals surface area contributed by atoms with Crippen molar-refractivity contribution in [1.29, 1.82) is 0 Å². The van der Waals surface area contributed by atoms with Gasteiger partial charge in [-0.15, -0.1) is 22.7 Å². The van der Waals surface area contributed by atoms with E-state index in [1.165, 1.54) is 10.9 Å². The zero-order valence-electron chi connectivity index (χ0n) is 29.8. The number of amides is 1. The molecular weight excluding hydrogens is 812 g/mol.